The number of fused-ring (bicyclic) bond motifs is 1. The van der Waals surface area contributed by atoms with Crippen molar-refractivity contribution in [1.29, 1.82) is 0 Å². The van der Waals surface area contributed by atoms with Crippen molar-refractivity contribution < 1.29 is 4.79 Å². The highest BCUT2D eigenvalue weighted by molar-refractivity contribution is 5.93. The van der Waals surface area contributed by atoms with E-state index >= 15 is 0 Å². The second kappa shape index (κ2) is 6.09. The topological polar surface area (TPSA) is 68.8 Å². The highest BCUT2D eigenvalue weighted by atomic mass is 16.2. The molecule has 2 aliphatic rings. The number of nitrogens with zero attached hydrogens (tertiary/aromatic N) is 2. The molecule has 1 aromatic rings. The summed E-state index contributed by atoms with van der Waals surface area (Å²) in [5, 5.41) is 9.30. The molecule has 0 bridgehead atoms. The van der Waals surface area contributed by atoms with E-state index in [2.05, 4.69) is 33.1 Å². The van der Waals surface area contributed by atoms with Crippen LogP contribution in [0.15, 0.2) is 29.3 Å². The molecule has 0 radical (unpaired) electrons. The third-order valence-corrected chi connectivity index (χ3v) is 4.05. The molecule has 3 N–H and O–H groups in total. The third-order valence-electron chi connectivity index (χ3n) is 4.05. The van der Waals surface area contributed by atoms with Gasteiger partial charge < -0.3 is 16.0 Å². The van der Waals surface area contributed by atoms with Crippen LogP contribution < -0.4 is 20.9 Å². The highest BCUT2D eigenvalue weighted by Crippen LogP contribution is 2.34. The average Bonchev–Trinajstić information content (AvgIpc) is 3.06. The number of nitrogens with one attached hydrogen (secondary N) is 3. The van der Waals surface area contributed by atoms with Crippen LogP contribution in [0.2, 0.25) is 0 Å². The summed E-state index contributed by atoms with van der Waals surface area (Å²) in [5.41, 5.74) is 4.45. The molecule has 0 spiro atoms. The van der Waals surface area contributed by atoms with Gasteiger partial charge in [-0.15, -0.1) is 0 Å². The van der Waals surface area contributed by atoms with Crippen LogP contribution in [0.5, 0.6) is 0 Å². The summed E-state index contributed by atoms with van der Waals surface area (Å²) >= 11 is 0. The van der Waals surface area contributed by atoms with E-state index in [-0.39, 0.29) is 12.1 Å². The second-order valence-corrected chi connectivity index (χ2v) is 5.48. The number of urea groups is 1. The normalized spacial score (nSPS) is 21.0. The number of benzene rings is 1. The smallest absolute Gasteiger partial charge is 0.321 e. The zero-order chi connectivity index (χ0) is 15.5. The van der Waals surface area contributed by atoms with Gasteiger partial charge in [-0.25, -0.2) is 4.79 Å². The lowest BCUT2D eigenvalue weighted by Crippen LogP contribution is -2.34. The maximum atomic E-state index is 11.8. The molecule has 2 aliphatic heterocycles. The quantitative estimate of drug-likeness (QED) is 0.778. The minimum absolute atomic E-state index is 0.125. The first-order valence-electron chi connectivity index (χ1n) is 7.48. The van der Waals surface area contributed by atoms with E-state index in [1.54, 1.807) is 25.3 Å². The van der Waals surface area contributed by atoms with E-state index in [0.717, 1.165) is 36.4 Å². The monoisotopic (exact) mass is 299 g/mol. The van der Waals surface area contributed by atoms with Gasteiger partial charge in [0, 0.05) is 37.6 Å². The van der Waals surface area contributed by atoms with Gasteiger partial charge in [0.1, 0.15) is 0 Å². The Morgan fingerprint density at radius 3 is 3.09 bits per heavy atom. The molecule has 0 fully saturated rings. The Labute approximate surface area is 130 Å². The summed E-state index contributed by atoms with van der Waals surface area (Å²) in [6.45, 7) is 1.71. The summed E-state index contributed by atoms with van der Waals surface area (Å²) in [4.78, 5) is 17.6. The highest BCUT2D eigenvalue weighted by Gasteiger charge is 2.18. The molecule has 0 saturated heterocycles. The van der Waals surface area contributed by atoms with Gasteiger partial charge >= 0.3 is 6.03 Å². The van der Waals surface area contributed by atoms with Crippen LogP contribution >= 0.6 is 0 Å². The summed E-state index contributed by atoms with van der Waals surface area (Å²) < 4.78 is 0. The maximum Gasteiger partial charge on any atom is 0.321 e. The van der Waals surface area contributed by atoms with E-state index in [9.17, 15) is 4.79 Å². The molecule has 1 aromatic carbocycles. The molecule has 2 heterocycles. The largest absolute Gasteiger partial charge is 0.384 e. The summed E-state index contributed by atoms with van der Waals surface area (Å²) in [6, 6.07) is 6.20. The average molecular weight is 299 g/mol. The van der Waals surface area contributed by atoms with Gasteiger partial charge in [0.2, 0.25) is 0 Å². The van der Waals surface area contributed by atoms with Gasteiger partial charge in [-0.1, -0.05) is 6.08 Å². The molecule has 0 aliphatic carbocycles. The van der Waals surface area contributed by atoms with Gasteiger partial charge in [0.15, 0.2) is 0 Å². The van der Waals surface area contributed by atoms with Crippen LogP contribution in [-0.4, -0.2) is 45.6 Å². The van der Waals surface area contributed by atoms with Crippen molar-refractivity contribution in [3.8, 4) is 0 Å². The molecule has 3 rings (SSSR count). The predicted molar refractivity (Wildman–Crippen MR) is 90.7 cm³/mol. The van der Waals surface area contributed by atoms with Gasteiger partial charge in [0.25, 0.3) is 0 Å². The molecule has 6 heteroatoms. The Morgan fingerprint density at radius 2 is 2.36 bits per heavy atom. The van der Waals surface area contributed by atoms with Gasteiger partial charge in [-0.3, -0.25) is 9.89 Å². The number of carbonyl (C=O) groups is 1. The zero-order valence-corrected chi connectivity index (χ0v) is 12.9. The van der Waals surface area contributed by atoms with Crippen molar-refractivity contribution in [3.63, 3.8) is 0 Å². The summed E-state index contributed by atoms with van der Waals surface area (Å²) in [5.74, 6) is 0. The first-order valence-corrected chi connectivity index (χ1v) is 7.48. The SMILES string of the molecule is CNC(=O)N(C)c1ccc2c(c1)/C(=C/C1CN=CN1)CCN2. The number of aliphatic imine (C=N–C) groups is 1. The number of carbonyl (C=O) groups excluding carboxylic acids is 1. The van der Waals surface area contributed by atoms with Gasteiger partial charge in [-0.2, -0.15) is 0 Å². The minimum Gasteiger partial charge on any atom is -0.384 e. The number of rotatable bonds is 2. The third kappa shape index (κ3) is 2.77. The lowest BCUT2D eigenvalue weighted by Gasteiger charge is -2.25. The van der Waals surface area contributed by atoms with Crippen LogP contribution in [0.4, 0.5) is 16.2 Å². The molecule has 6 nitrogen and oxygen atoms in total. The molecule has 1 atom stereocenters. The fourth-order valence-electron chi connectivity index (χ4n) is 2.80. The van der Waals surface area contributed by atoms with E-state index in [0.29, 0.717) is 0 Å². The number of hydrogen-bond acceptors (Lipinski definition) is 4. The van der Waals surface area contributed by atoms with Gasteiger partial charge in [-0.05, 0) is 30.2 Å². The lowest BCUT2D eigenvalue weighted by molar-refractivity contribution is 0.249. The van der Waals surface area contributed by atoms with Crippen LogP contribution in [-0.2, 0) is 0 Å². The summed E-state index contributed by atoms with van der Waals surface area (Å²) in [6.07, 6.45) is 4.98. The second-order valence-electron chi connectivity index (χ2n) is 5.48. The van der Waals surface area contributed by atoms with E-state index in [1.165, 1.54) is 5.57 Å². The Kier molecular flexibility index (Phi) is 4.00. The number of hydrogen-bond donors (Lipinski definition) is 3. The molecule has 0 aromatic heterocycles. The standard InChI is InChI=1S/C16H21N5O/c1-17-16(22)21(2)13-3-4-15-14(8-13)11(5-6-19-15)7-12-9-18-10-20-12/h3-4,7-8,10,12,19H,5-6,9H2,1-2H3,(H,17,22)(H,18,20)/b11-7+. The van der Waals surface area contributed by atoms with Crippen LogP contribution in [0, 0.1) is 0 Å². The first kappa shape index (κ1) is 14.4. The minimum atomic E-state index is -0.125. The predicted octanol–water partition coefficient (Wildman–Crippen LogP) is 1.66. The van der Waals surface area contributed by atoms with Crippen LogP contribution in [0.3, 0.4) is 0 Å². The number of amides is 2. The number of anilines is 2. The molecule has 1 unspecified atom stereocenters. The maximum absolute atomic E-state index is 11.8. The summed E-state index contributed by atoms with van der Waals surface area (Å²) in [7, 11) is 3.41. The zero-order valence-electron chi connectivity index (χ0n) is 12.9. The van der Waals surface area contributed by atoms with E-state index < -0.39 is 0 Å². The van der Waals surface area contributed by atoms with Crippen LogP contribution in [0.1, 0.15) is 12.0 Å². The Bertz CT molecular complexity index is 629. The molecular weight excluding hydrogens is 278 g/mol. The van der Waals surface area contributed by atoms with Crippen LogP contribution in [0.25, 0.3) is 5.57 Å². The fourth-order valence-corrected chi connectivity index (χ4v) is 2.80. The van der Waals surface area contributed by atoms with Crippen molar-refractivity contribution in [2.45, 2.75) is 12.5 Å². The van der Waals surface area contributed by atoms with Crippen molar-refractivity contribution in [3.05, 3.63) is 29.8 Å². The Balaban J connectivity index is 1.92. The molecule has 116 valence electrons. The van der Waals surface area contributed by atoms with E-state index in [4.69, 9.17) is 0 Å². The molecule has 2 amide bonds. The Morgan fingerprint density at radius 1 is 1.50 bits per heavy atom. The Hall–Kier alpha value is -2.50. The molecular formula is C16H21N5O. The molecule has 22 heavy (non-hydrogen) atoms. The fraction of sp³-hybridized carbons (Fsp3) is 0.375. The van der Waals surface area contributed by atoms with E-state index in [1.807, 2.05) is 12.1 Å². The van der Waals surface area contributed by atoms with Crippen molar-refractivity contribution >= 4 is 29.3 Å². The van der Waals surface area contributed by atoms with Crippen molar-refractivity contribution in [2.24, 2.45) is 4.99 Å². The van der Waals surface area contributed by atoms with Gasteiger partial charge in [0.05, 0.1) is 18.9 Å². The van der Waals surface area contributed by atoms with Crippen molar-refractivity contribution in [2.75, 3.05) is 37.4 Å². The molecule has 0 saturated carbocycles. The lowest BCUT2D eigenvalue weighted by atomic mass is 9.94. The first-order chi connectivity index (χ1) is 10.7. The van der Waals surface area contributed by atoms with Crippen molar-refractivity contribution in [1.82, 2.24) is 10.6 Å².